The Hall–Kier alpha value is -1.60. The molecule has 4 nitrogen and oxygen atoms in total. The maximum Gasteiger partial charge on any atom is 0.262 e. The van der Waals surface area contributed by atoms with Gasteiger partial charge in [0.05, 0.1) is 10.6 Å². The smallest absolute Gasteiger partial charge is 0.262 e. The van der Waals surface area contributed by atoms with Crippen LogP contribution >= 0.6 is 15.9 Å². The maximum atomic E-state index is 13.7. The summed E-state index contributed by atoms with van der Waals surface area (Å²) in [6, 6.07) is 8.64. The molecule has 0 saturated heterocycles. The van der Waals surface area contributed by atoms with Gasteiger partial charge in [-0.2, -0.15) is 0 Å². The highest BCUT2D eigenvalue weighted by Crippen LogP contribution is 2.25. The predicted molar refractivity (Wildman–Crippen MR) is 80.5 cm³/mol. The molecular formula is C13H12BrFN2O2S. The SMILES string of the molecule is Cc1c(N)cccc1S(=O)(=O)Nc1ccc(Br)cc1F. The molecule has 0 aliphatic carbocycles. The highest BCUT2D eigenvalue weighted by atomic mass is 79.9. The van der Waals surface area contributed by atoms with E-state index >= 15 is 0 Å². The van der Waals surface area contributed by atoms with Gasteiger partial charge in [-0.3, -0.25) is 4.72 Å². The van der Waals surface area contributed by atoms with Crippen molar-refractivity contribution in [1.82, 2.24) is 0 Å². The van der Waals surface area contributed by atoms with Gasteiger partial charge in [-0.15, -0.1) is 0 Å². The minimum Gasteiger partial charge on any atom is -0.398 e. The molecule has 3 N–H and O–H groups in total. The lowest BCUT2D eigenvalue weighted by Gasteiger charge is -2.12. The fourth-order valence-corrected chi connectivity index (χ4v) is 3.37. The second-order valence-electron chi connectivity index (χ2n) is 4.20. The van der Waals surface area contributed by atoms with Crippen molar-refractivity contribution in [3.8, 4) is 0 Å². The quantitative estimate of drug-likeness (QED) is 0.827. The molecule has 2 rings (SSSR count). The van der Waals surface area contributed by atoms with Gasteiger partial charge < -0.3 is 5.73 Å². The van der Waals surface area contributed by atoms with Crippen molar-refractivity contribution in [2.24, 2.45) is 0 Å². The molecule has 106 valence electrons. The molecule has 0 radical (unpaired) electrons. The zero-order valence-electron chi connectivity index (χ0n) is 10.5. The van der Waals surface area contributed by atoms with Gasteiger partial charge in [0.2, 0.25) is 0 Å². The first-order valence-corrected chi connectivity index (χ1v) is 7.92. The van der Waals surface area contributed by atoms with E-state index in [1.54, 1.807) is 19.1 Å². The molecule has 0 atom stereocenters. The fourth-order valence-electron chi connectivity index (χ4n) is 1.69. The summed E-state index contributed by atoms with van der Waals surface area (Å²) in [7, 11) is -3.89. The number of halogens is 2. The van der Waals surface area contributed by atoms with Gasteiger partial charge in [-0.1, -0.05) is 22.0 Å². The Labute approximate surface area is 125 Å². The van der Waals surface area contributed by atoms with Crippen molar-refractivity contribution in [2.75, 3.05) is 10.5 Å². The molecule has 0 unspecified atom stereocenters. The standard InChI is InChI=1S/C13H12BrFN2O2S/c1-8-11(16)3-2-4-13(8)20(18,19)17-12-6-5-9(14)7-10(12)15/h2-7,17H,16H2,1H3. The summed E-state index contributed by atoms with van der Waals surface area (Å²) in [5.74, 6) is -0.662. The number of hydrogen-bond donors (Lipinski definition) is 2. The Morgan fingerprint density at radius 3 is 2.60 bits per heavy atom. The van der Waals surface area contributed by atoms with Crippen molar-refractivity contribution in [3.63, 3.8) is 0 Å². The Bertz CT molecular complexity index is 763. The van der Waals surface area contributed by atoms with Crippen LogP contribution in [0, 0.1) is 12.7 Å². The molecule has 0 aliphatic heterocycles. The molecule has 0 aromatic heterocycles. The first-order valence-electron chi connectivity index (χ1n) is 5.64. The number of nitrogens with one attached hydrogen (secondary N) is 1. The van der Waals surface area contributed by atoms with Crippen LogP contribution in [0.5, 0.6) is 0 Å². The predicted octanol–water partition coefficient (Wildman–Crippen LogP) is 3.28. The summed E-state index contributed by atoms with van der Waals surface area (Å²) < 4.78 is 41.0. The molecule has 0 amide bonds. The van der Waals surface area contributed by atoms with Crippen LogP contribution in [0.3, 0.4) is 0 Å². The van der Waals surface area contributed by atoms with E-state index in [9.17, 15) is 12.8 Å². The summed E-state index contributed by atoms with van der Waals surface area (Å²) in [5, 5.41) is 0. The molecule has 0 bridgehead atoms. The third-order valence-corrected chi connectivity index (χ3v) is 4.79. The Morgan fingerprint density at radius 1 is 1.25 bits per heavy atom. The van der Waals surface area contributed by atoms with Crippen LogP contribution in [0.4, 0.5) is 15.8 Å². The molecule has 2 aromatic rings. The van der Waals surface area contributed by atoms with Crippen molar-refractivity contribution in [3.05, 3.63) is 52.3 Å². The second-order valence-corrected chi connectivity index (χ2v) is 6.77. The number of anilines is 2. The summed E-state index contributed by atoms with van der Waals surface area (Å²) in [6.45, 7) is 1.60. The average molecular weight is 359 g/mol. The largest absolute Gasteiger partial charge is 0.398 e. The van der Waals surface area contributed by atoms with E-state index in [2.05, 4.69) is 20.7 Å². The van der Waals surface area contributed by atoms with Crippen LogP contribution in [-0.4, -0.2) is 8.42 Å². The highest BCUT2D eigenvalue weighted by molar-refractivity contribution is 9.10. The van der Waals surface area contributed by atoms with Crippen molar-refractivity contribution in [2.45, 2.75) is 11.8 Å². The van der Waals surface area contributed by atoms with Crippen molar-refractivity contribution >= 4 is 37.3 Å². The number of rotatable bonds is 3. The first kappa shape index (κ1) is 14.8. The molecule has 20 heavy (non-hydrogen) atoms. The van der Waals surface area contributed by atoms with E-state index in [-0.39, 0.29) is 10.6 Å². The van der Waals surface area contributed by atoms with Gasteiger partial charge in [0, 0.05) is 10.2 Å². The van der Waals surface area contributed by atoms with Crippen LogP contribution in [-0.2, 0) is 10.0 Å². The van der Waals surface area contributed by atoms with Gasteiger partial charge in [-0.25, -0.2) is 12.8 Å². The molecular weight excluding hydrogens is 347 g/mol. The second kappa shape index (κ2) is 5.41. The topological polar surface area (TPSA) is 72.2 Å². The monoisotopic (exact) mass is 358 g/mol. The van der Waals surface area contributed by atoms with E-state index in [0.717, 1.165) is 0 Å². The summed E-state index contributed by atoms with van der Waals surface area (Å²) in [4.78, 5) is 0.0276. The third kappa shape index (κ3) is 2.94. The third-order valence-electron chi connectivity index (χ3n) is 2.79. The molecule has 2 aromatic carbocycles. The molecule has 0 fully saturated rings. The van der Waals surface area contributed by atoms with Crippen LogP contribution in [0.2, 0.25) is 0 Å². The van der Waals surface area contributed by atoms with E-state index in [0.29, 0.717) is 15.7 Å². The number of nitrogens with two attached hydrogens (primary N) is 1. The average Bonchev–Trinajstić information content (AvgIpc) is 2.36. The van der Waals surface area contributed by atoms with Crippen LogP contribution in [0.15, 0.2) is 45.8 Å². The lowest BCUT2D eigenvalue weighted by atomic mass is 10.2. The first-order chi connectivity index (χ1) is 9.31. The van der Waals surface area contributed by atoms with Gasteiger partial charge >= 0.3 is 0 Å². The van der Waals surface area contributed by atoms with Gasteiger partial charge in [-0.05, 0) is 42.8 Å². The number of sulfonamides is 1. The molecule has 0 aliphatic rings. The van der Waals surface area contributed by atoms with Crippen LogP contribution in [0.25, 0.3) is 0 Å². The van der Waals surface area contributed by atoms with Gasteiger partial charge in [0.1, 0.15) is 5.82 Å². The Kier molecular flexibility index (Phi) is 4.01. The van der Waals surface area contributed by atoms with E-state index in [4.69, 9.17) is 5.73 Å². The molecule has 0 heterocycles. The Balaban J connectivity index is 2.44. The summed E-state index contributed by atoms with van der Waals surface area (Å²) in [6.07, 6.45) is 0. The Morgan fingerprint density at radius 2 is 1.95 bits per heavy atom. The van der Waals surface area contributed by atoms with Crippen molar-refractivity contribution < 1.29 is 12.8 Å². The number of hydrogen-bond acceptors (Lipinski definition) is 3. The molecule has 7 heteroatoms. The zero-order chi connectivity index (χ0) is 14.9. The molecule has 0 saturated carbocycles. The van der Waals surface area contributed by atoms with E-state index in [1.165, 1.54) is 24.3 Å². The minimum atomic E-state index is -3.89. The number of nitrogen functional groups attached to an aromatic ring is 1. The van der Waals surface area contributed by atoms with Gasteiger partial charge in [0.15, 0.2) is 0 Å². The van der Waals surface area contributed by atoms with E-state index in [1.807, 2.05) is 0 Å². The van der Waals surface area contributed by atoms with Gasteiger partial charge in [0.25, 0.3) is 10.0 Å². The lowest BCUT2D eigenvalue weighted by molar-refractivity contribution is 0.598. The lowest BCUT2D eigenvalue weighted by Crippen LogP contribution is -2.15. The van der Waals surface area contributed by atoms with E-state index < -0.39 is 15.8 Å². The normalized spacial score (nSPS) is 11.3. The van der Waals surface area contributed by atoms with Crippen LogP contribution < -0.4 is 10.5 Å². The minimum absolute atomic E-state index is 0.0276. The summed E-state index contributed by atoms with van der Waals surface area (Å²) >= 11 is 3.11. The highest BCUT2D eigenvalue weighted by Gasteiger charge is 2.19. The van der Waals surface area contributed by atoms with Crippen LogP contribution in [0.1, 0.15) is 5.56 Å². The fraction of sp³-hybridized carbons (Fsp3) is 0.0769. The number of benzene rings is 2. The zero-order valence-corrected chi connectivity index (χ0v) is 12.9. The molecule has 0 spiro atoms. The van der Waals surface area contributed by atoms with Crippen molar-refractivity contribution in [1.29, 1.82) is 0 Å². The summed E-state index contributed by atoms with van der Waals surface area (Å²) in [5.41, 5.74) is 6.37. The maximum absolute atomic E-state index is 13.7.